The first-order valence-corrected chi connectivity index (χ1v) is 25.4. The first-order valence-electron chi connectivity index (χ1n) is 25.4. The molecule has 378 valence electrons. The fourth-order valence-corrected chi connectivity index (χ4v) is 9.14. The van der Waals surface area contributed by atoms with Crippen molar-refractivity contribution in [3.63, 3.8) is 0 Å². The summed E-state index contributed by atoms with van der Waals surface area (Å²) in [5.41, 5.74) is 10.1. The maximum Gasteiger partial charge on any atom is 0.251 e. The van der Waals surface area contributed by atoms with Crippen LogP contribution in [0.15, 0.2) is 109 Å². The minimum atomic E-state index is -0.332. The van der Waals surface area contributed by atoms with Gasteiger partial charge in [-0.3, -0.25) is 19.2 Å². The Morgan fingerprint density at radius 2 is 0.694 bits per heavy atom. The van der Waals surface area contributed by atoms with Crippen LogP contribution in [-0.4, -0.2) is 106 Å². The van der Waals surface area contributed by atoms with Gasteiger partial charge in [-0.2, -0.15) is 9.13 Å². The monoisotopic (exact) mass is 975 g/mol. The maximum atomic E-state index is 13.0. The molecule has 4 N–H and O–H groups in total. The number of anilines is 4. The molecule has 0 bridgehead atoms. The van der Waals surface area contributed by atoms with Crippen molar-refractivity contribution in [2.75, 3.05) is 102 Å². The van der Waals surface area contributed by atoms with Gasteiger partial charge in [0.1, 0.15) is 13.1 Å². The number of aryl methyl sites for hydroxylation is 2. The van der Waals surface area contributed by atoms with Gasteiger partial charge >= 0.3 is 0 Å². The Morgan fingerprint density at radius 1 is 0.375 bits per heavy atom. The van der Waals surface area contributed by atoms with E-state index in [1.165, 1.54) is 43.6 Å². The van der Waals surface area contributed by atoms with Gasteiger partial charge in [0.05, 0.1) is 0 Å². The average Bonchev–Trinajstić information content (AvgIpc) is 3.37. The third kappa shape index (κ3) is 13.5. The zero-order valence-electron chi connectivity index (χ0n) is 43.6. The van der Waals surface area contributed by atoms with Gasteiger partial charge in [0, 0.05) is 188 Å². The summed E-state index contributed by atoms with van der Waals surface area (Å²) >= 11 is 0. The Balaban J connectivity index is 0.781. The molecule has 5 aromatic carbocycles. The Kier molecular flexibility index (Phi) is 17.9. The summed E-state index contributed by atoms with van der Waals surface area (Å²) in [5, 5.41) is 16.3. The maximum absolute atomic E-state index is 13.0. The van der Waals surface area contributed by atoms with Crippen LogP contribution in [0.1, 0.15) is 72.1 Å². The first-order chi connectivity index (χ1) is 34.7. The molecule has 2 aromatic heterocycles. The molecule has 4 amide bonds. The smallest absolute Gasteiger partial charge is 0.251 e. The molecule has 0 atom stereocenters. The van der Waals surface area contributed by atoms with E-state index in [0.717, 1.165) is 74.4 Å². The molecule has 2 heterocycles. The average molecular weight is 975 g/mol. The lowest BCUT2D eigenvalue weighted by Crippen LogP contribution is -2.36. The minimum Gasteiger partial charge on any atom is -0.377 e. The lowest BCUT2D eigenvalue weighted by atomic mass is 10.1. The molecular weight excluding hydrogens is 901 g/mol. The number of pyridine rings is 2. The van der Waals surface area contributed by atoms with Gasteiger partial charge in [-0.05, 0) is 105 Å². The summed E-state index contributed by atoms with van der Waals surface area (Å²) in [6.45, 7) is 2.78. The van der Waals surface area contributed by atoms with Crippen LogP contribution in [-0.2, 0) is 22.7 Å². The molecule has 0 aliphatic carbocycles. The van der Waals surface area contributed by atoms with Crippen molar-refractivity contribution in [2.45, 2.75) is 64.5 Å². The fourth-order valence-electron chi connectivity index (χ4n) is 9.14. The van der Waals surface area contributed by atoms with E-state index in [-0.39, 0.29) is 36.7 Å². The highest BCUT2D eigenvalue weighted by Gasteiger charge is 2.20. The van der Waals surface area contributed by atoms with Gasteiger partial charge in [-0.25, -0.2) is 0 Å². The number of unbranched alkanes of at least 4 members (excludes halogenated alkanes) is 4. The van der Waals surface area contributed by atoms with E-state index in [0.29, 0.717) is 37.1 Å². The van der Waals surface area contributed by atoms with Crippen molar-refractivity contribution in [2.24, 2.45) is 0 Å². The van der Waals surface area contributed by atoms with Crippen LogP contribution in [0.3, 0.4) is 0 Å². The van der Waals surface area contributed by atoms with Crippen LogP contribution in [0.5, 0.6) is 0 Å². The number of hydrogen-bond acceptors (Lipinski definition) is 8. The number of amides is 4. The van der Waals surface area contributed by atoms with Gasteiger partial charge in [0.2, 0.25) is 33.9 Å². The molecule has 0 radical (unpaired) electrons. The zero-order chi connectivity index (χ0) is 51.3. The van der Waals surface area contributed by atoms with Gasteiger partial charge < -0.3 is 40.9 Å². The molecule has 14 nitrogen and oxygen atoms in total. The highest BCUT2D eigenvalue weighted by Crippen LogP contribution is 2.27. The Labute approximate surface area is 425 Å². The van der Waals surface area contributed by atoms with Crippen LogP contribution in [0.25, 0.3) is 43.6 Å². The number of benzene rings is 5. The van der Waals surface area contributed by atoms with Crippen molar-refractivity contribution >= 4 is 90.0 Å². The largest absolute Gasteiger partial charge is 0.377 e. The van der Waals surface area contributed by atoms with E-state index >= 15 is 0 Å². The normalized spacial score (nSPS) is 11.2. The lowest BCUT2D eigenvalue weighted by Gasteiger charge is -2.15. The molecule has 0 saturated heterocycles. The SMILES string of the molecule is CN(C)c1ccc2cc3ccc(N(C)C)cc3[n+](CCCCCC(=O)NCCNC(=O)c3cccc(C(=O)NCCNC(=O)CCCCC[n+]4c5cc(N(C)C)ccc5cc5ccc(N(C)C)cc54)c3)c2c1. The summed E-state index contributed by atoms with van der Waals surface area (Å²) in [6.07, 6.45) is 6.00. The number of carbonyl (C=O) groups excluding carboxylic acids is 4. The standard InChI is InChI=1S/C58H72N10O4/c1-63(2)47-24-20-41-34-42-21-25-48(64(3)4)38-52(42)67(51(41)37-47)32-13-9-11-18-55(69)59-28-30-61-57(71)45-16-15-17-46(36-45)58(72)62-31-29-60-56(70)19-12-10-14-33-68-53-39-49(65(5)6)26-22-43(53)35-44-23-27-50(66(7)8)40-54(44)68/h15-17,20-27,34-40H,9-14,18-19,28-33H2,1-8H3,(H2-2,59,60,61,62,69,70,71,72)/p+2. The lowest BCUT2D eigenvalue weighted by molar-refractivity contribution is -0.646. The van der Waals surface area contributed by atoms with Crippen molar-refractivity contribution in [3.05, 3.63) is 120 Å². The molecule has 0 aliphatic heterocycles. The predicted octanol–water partition coefficient (Wildman–Crippen LogP) is 7.35. The summed E-state index contributed by atoms with van der Waals surface area (Å²) < 4.78 is 4.83. The second kappa shape index (κ2) is 24.6. The van der Waals surface area contributed by atoms with E-state index in [1.54, 1.807) is 24.3 Å². The van der Waals surface area contributed by atoms with Crippen molar-refractivity contribution in [3.8, 4) is 0 Å². The number of aromatic nitrogens is 2. The van der Waals surface area contributed by atoms with Crippen LogP contribution in [0.2, 0.25) is 0 Å². The fraction of sp³-hybridized carbons (Fsp3) is 0.379. The summed E-state index contributed by atoms with van der Waals surface area (Å²) in [7, 11) is 16.5. The molecule has 0 aliphatic rings. The number of carbonyl (C=O) groups is 4. The predicted molar refractivity (Wildman–Crippen MR) is 295 cm³/mol. The molecule has 72 heavy (non-hydrogen) atoms. The van der Waals surface area contributed by atoms with E-state index in [4.69, 9.17) is 0 Å². The third-order valence-corrected chi connectivity index (χ3v) is 13.3. The van der Waals surface area contributed by atoms with Gasteiger partial charge in [0.15, 0.2) is 0 Å². The zero-order valence-corrected chi connectivity index (χ0v) is 43.6. The van der Waals surface area contributed by atoms with Crippen LogP contribution in [0.4, 0.5) is 22.7 Å². The summed E-state index contributed by atoms with van der Waals surface area (Å²) in [5.74, 6) is -0.762. The molecule has 14 heteroatoms. The second-order valence-corrected chi connectivity index (χ2v) is 19.6. The number of nitrogens with one attached hydrogen (secondary N) is 4. The number of fused-ring (bicyclic) bond motifs is 4. The summed E-state index contributed by atoms with van der Waals surface area (Å²) in [4.78, 5) is 59.9. The van der Waals surface area contributed by atoms with Crippen molar-refractivity contribution in [1.82, 2.24) is 21.3 Å². The molecule has 7 rings (SSSR count). The highest BCUT2D eigenvalue weighted by atomic mass is 16.2. The minimum absolute atomic E-state index is 0.0487. The highest BCUT2D eigenvalue weighted by molar-refractivity contribution is 6.00. The van der Waals surface area contributed by atoms with Gasteiger partial charge in [-0.1, -0.05) is 6.07 Å². The third-order valence-electron chi connectivity index (χ3n) is 13.3. The summed E-state index contributed by atoms with van der Waals surface area (Å²) in [6, 6.07) is 37.4. The Bertz CT molecular complexity index is 2730. The quantitative estimate of drug-likeness (QED) is 0.0281. The number of hydrogen-bond donors (Lipinski definition) is 4. The van der Waals surface area contributed by atoms with Crippen LogP contribution in [0, 0.1) is 0 Å². The number of nitrogens with zero attached hydrogens (tertiary/aromatic N) is 6. The topological polar surface area (TPSA) is 137 Å². The number of rotatable bonds is 24. The van der Waals surface area contributed by atoms with Crippen LogP contribution >= 0.6 is 0 Å². The van der Waals surface area contributed by atoms with Crippen LogP contribution < -0.4 is 50.0 Å². The Hall–Kier alpha value is -7.48. The van der Waals surface area contributed by atoms with E-state index in [9.17, 15) is 19.2 Å². The molecule has 0 fully saturated rings. The molecule has 0 saturated carbocycles. The van der Waals surface area contributed by atoms with Gasteiger partial charge in [0.25, 0.3) is 11.8 Å². The molecule has 7 aromatic rings. The molecular formula is C58H74N10O4+2. The Morgan fingerprint density at radius 3 is 1.01 bits per heavy atom. The first kappa shape index (κ1) is 52.3. The van der Waals surface area contributed by atoms with E-state index in [1.807, 2.05) is 0 Å². The van der Waals surface area contributed by atoms with E-state index in [2.05, 4.69) is 191 Å². The van der Waals surface area contributed by atoms with E-state index < -0.39 is 0 Å². The van der Waals surface area contributed by atoms with Crippen molar-refractivity contribution in [1.29, 1.82) is 0 Å². The molecule has 0 spiro atoms. The van der Waals surface area contributed by atoms with Gasteiger partial charge in [-0.15, -0.1) is 0 Å². The van der Waals surface area contributed by atoms with Crippen molar-refractivity contribution < 1.29 is 28.3 Å². The molecule has 0 unspecified atom stereocenters. The second-order valence-electron chi connectivity index (χ2n) is 19.6.